The smallest absolute Gasteiger partial charge is 0.134 e. The van der Waals surface area contributed by atoms with E-state index in [1.165, 1.54) is 19.3 Å². The van der Waals surface area contributed by atoms with Crippen molar-refractivity contribution in [2.75, 3.05) is 62.2 Å². The van der Waals surface area contributed by atoms with Crippen LogP contribution >= 0.6 is 0 Å². The van der Waals surface area contributed by atoms with Crippen molar-refractivity contribution in [2.45, 2.75) is 38.2 Å². The van der Waals surface area contributed by atoms with Crippen LogP contribution in [0.4, 0.5) is 11.6 Å². The standard InChI is InChI=1S/C20H33N5O2/c26-14-17-13-25(12-16(17)11-23-8-4-18(27)5-9-23)20-10-19(21-15-22-20)24-6-2-1-3-7-24/h10,15-18,26-27H,1-9,11-14H2/t16-,17-/m1/s1. The Morgan fingerprint density at radius 1 is 0.889 bits per heavy atom. The quantitative estimate of drug-likeness (QED) is 0.794. The van der Waals surface area contributed by atoms with Crippen molar-refractivity contribution in [1.29, 1.82) is 0 Å². The number of aliphatic hydroxyl groups is 2. The number of aliphatic hydroxyl groups excluding tert-OH is 2. The number of aromatic nitrogens is 2. The summed E-state index contributed by atoms with van der Waals surface area (Å²) in [6, 6.07) is 2.12. The molecule has 0 aliphatic carbocycles. The Hall–Kier alpha value is -1.44. The number of piperidine rings is 2. The maximum atomic E-state index is 9.90. The van der Waals surface area contributed by atoms with E-state index >= 15 is 0 Å². The largest absolute Gasteiger partial charge is 0.396 e. The van der Waals surface area contributed by atoms with Crippen LogP contribution in [0.25, 0.3) is 0 Å². The van der Waals surface area contributed by atoms with Gasteiger partial charge in [-0.05, 0) is 38.0 Å². The minimum absolute atomic E-state index is 0.135. The zero-order valence-corrected chi connectivity index (χ0v) is 16.2. The maximum absolute atomic E-state index is 9.90. The molecule has 150 valence electrons. The summed E-state index contributed by atoms with van der Waals surface area (Å²) in [5.74, 6) is 2.75. The molecule has 4 heterocycles. The fourth-order valence-electron chi connectivity index (χ4n) is 4.78. The highest BCUT2D eigenvalue weighted by Crippen LogP contribution is 2.30. The molecule has 0 saturated carbocycles. The molecule has 7 nitrogen and oxygen atoms in total. The molecular weight excluding hydrogens is 342 g/mol. The predicted octanol–water partition coefficient (Wildman–Crippen LogP) is 0.968. The van der Waals surface area contributed by atoms with Crippen LogP contribution in [-0.4, -0.2) is 83.6 Å². The van der Waals surface area contributed by atoms with Gasteiger partial charge in [0.2, 0.25) is 0 Å². The summed E-state index contributed by atoms with van der Waals surface area (Å²) in [5, 5.41) is 19.6. The lowest BCUT2D eigenvalue weighted by atomic mass is 9.95. The van der Waals surface area contributed by atoms with Crippen LogP contribution < -0.4 is 9.80 Å². The first kappa shape index (κ1) is 18.9. The van der Waals surface area contributed by atoms with Crippen LogP contribution in [0.5, 0.6) is 0 Å². The summed E-state index contributed by atoms with van der Waals surface area (Å²) < 4.78 is 0. The highest BCUT2D eigenvalue weighted by Gasteiger charge is 2.35. The third-order valence-electron chi connectivity index (χ3n) is 6.50. The summed E-state index contributed by atoms with van der Waals surface area (Å²) in [6.45, 7) is 7.10. The van der Waals surface area contributed by atoms with Gasteiger partial charge in [-0.15, -0.1) is 0 Å². The molecule has 3 saturated heterocycles. The number of rotatable bonds is 5. The van der Waals surface area contributed by atoms with E-state index in [1.54, 1.807) is 6.33 Å². The van der Waals surface area contributed by atoms with E-state index in [2.05, 4.69) is 30.7 Å². The van der Waals surface area contributed by atoms with Crippen LogP contribution in [0.3, 0.4) is 0 Å². The Morgan fingerprint density at radius 2 is 1.56 bits per heavy atom. The summed E-state index contributed by atoms with van der Waals surface area (Å²) >= 11 is 0. The molecule has 3 fully saturated rings. The van der Waals surface area contributed by atoms with Crippen molar-refractivity contribution in [3.8, 4) is 0 Å². The van der Waals surface area contributed by atoms with Gasteiger partial charge < -0.3 is 24.9 Å². The summed E-state index contributed by atoms with van der Waals surface area (Å²) in [5.41, 5.74) is 0. The number of anilines is 2. The monoisotopic (exact) mass is 375 g/mol. The Labute approximate surface area is 162 Å². The Balaban J connectivity index is 1.40. The molecule has 1 aromatic heterocycles. The van der Waals surface area contributed by atoms with E-state index in [-0.39, 0.29) is 18.6 Å². The summed E-state index contributed by atoms with van der Waals surface area (Å²) in [6.07, 6.45) is 7.07. The van der Waals surface area contributed by atoms with Gasteiger partial charge in [0, 0.05) is 64.4 Å². The van der Waals surface area contributed by atoms with Gasteiger partial charge in [0.15, 0.2) is 0 Å². The van der Waals surface area contributed by atoms with Crippen molar-refractivity contribution >= 4 is 11.6 Å². The maximum Gasteiger partial charge on any atom is 0.134 e. The lowest BCUT2D eigenvalue weighted by molar-refractivity contribution is 0.0687. The number of nitrogens with zero attached hydrogens (tertiary/aromatic N) is 5. The first-order chi connectivity index (χ1) is 13.2. The molecule has 7 heteroatoms. The van der Waals surface area contributed by atoms with Crippen LogP contribution in [-0.2, 0) is 0 Å². The molecule has 27 heavy (non-hydrogen) atoms. The third kappa shape index (κ3) is 4.52. The second-order valence-corrected chi connectivity index (χ2v) is 8.42. The molecule has 0 radical (unpaired) electrons. The van der Waals surface area contributed by atoms with Crippen LogP contribution in [0.2, 0.25) is 0 Å². The highest BCUT2D eigenvalue weighted by molar-refractivity contribution is 5.51. The lowest BCUT2D eigenvalue weighted by Gasteiger charge is -2.32. The average Bonchev–Trinajstić information content (AvgIpc) is 3.13. The minimum atomic E-state index is -0.135. The molecule has 0 aromatic carbocycles. The Bertz CT molecular complexity index is 602. The van der Waals surface area contributed by atoms with E-state index < -0.39 is 0 Å². The summed E-state index contributed by atoms with van der Waals surface area (Å²) in [7, 11) is 0. The first-order valence-electron chi connectivity index (χ1n) is 10.6. The fourth-order valence-corrected chi connectivity index (χ4v) is 4.78. The zero-order valence-electron chi connectivity index (χ0n) is 16.2. The highest BCUT2D eigenvalue weighted by atomic mass is 16.3. The number of hydrogen-bond donors (Lipinski definition) is 2. The topological polar surface area (TPSA) is 76.0 Å². The van der Waals surface area contributed by atoms with Gasteiger partial charge in [-0.25, -0.2) is 9.97 Å². The van der Waals surface area contributed by atoms with Crippen LogP contribution in [0, 0.1) is 11.8 Å². The minimum Gasteiger partial charge on any atom is -0.396 e. The van der Waals surface area contributed by atoms with Crippen molar-refractivity contribution in [3.63, 3.8) is 0 Å². The van der Waals surface area contributed by atoms with Crippen LogP contribution in [0.1, 0.15) is 32.1 Å². The molecule has 0 spiro atoms. The van der Waals surface area contributed by atoms with Gasteiger partial charge in [0.05, 0.1) is 6.10 Å². The van der Waals surface area contributed by atoms with E-state index in [0.29, 0.717) is 5.92 Å². The van der Waals surface area contributed by atoms with Gasteiger partial charge in [0.25, 0.3) is 0 Å². The molecule has 0 bridgehead atoms. The van der Waals surface area contributed by atoms with Crippen molar-refractivity contribution in [3.05, 3.63) is 12.4 Å². The fraction of sp³-hybridized carbons (Fsp3) is 0.800. The second kappa shape index (κ2) is 8.71. The van der Waals surface area contributed by atoms with Gasteiger partial charge in [-0.1, -0.05) is 0 Å². The molecular formula is C20H33N5O2. The molecule has 3 aliphatic rings. The lowest BCUT2D eigenvalue weighted by Crippen LogP contribution is -2.40. The van der Waals surface area contributed by atoms with Gasteiger partial charge >= 0.3 is 0 Å². The molecule has 2 N–H and O–H groups in total. The van der Waals surface area contributed by atoms with Gasteiger partial charge in [-0.3, -0.25) is 0 Å². The van der Waals surface area contributed by atoms with E-state index in [9.17, 15) is 10.2 Å². The number of likely N-dealkylation sites (tertiary alicyclic amines) is 1. The molecule has 0 unspecified atom stereocenters. The first-order valence-corrected chi connectivity index (χ1v) is 10.6. The van der Waals surface area contributed by atoms with E-state index in [1.807, 2.05) is 0 Å². The van der Waals surface area contributed by atoms with Crippen LogP contribution in [0.15, 0.2) is 12.4 Å². The molecule has 1 aromatic rings. The normalized spacial score (nSPS) is 28.1. The van der Waals surface area contributed by atoms with Crippen molar-refractivity contribution < 1.29 is 10.2 Å². The third-order valence-corrected chi connectivity index (χ3v) is 6.50. The van der Waals surface area contributed by atoms with E-state index in [0.717, 1.165) is 70.3 Å². The van der Waals surface area contributed by atoms with Crippen molar-refractivity contribution in [1.82, 2.24) is 14.9 Å². The Kier molecular flexibility index (Phi) is 6.10. The molecule has 3 aliphatic heterocycles. The molecule has 0 amide bonds. The molecule has 4 rings (SSSR count). The molecule has 2 atom stereocenters. The zero-order chi connectivity index (χ0) is 18.6. The Morgan fingerprint density at radius 3 is 2.26 bits per heavy atom. The second-order valence-electron chi connectivity index (χ2n) is 8.42. The van der Waals surface area contributed by atoms with Crippen molar-refractivity contribution in [2.24, 2.45) is 11.8 Å². The van der Waals surface area contributed by atoms with Gasteiger partial charge in [-0.2, -0.15) is 0 Å². The summed E-state index contributed by atoms with van der Waals surface area (Å²) in [4.78, 5) is 16.2. The number of hydrogen-bond acceptors (Lipinski definition) is 7. The SMILES string of the molecule is OC[C@H]1CN(c2cc(N3CCCCC3)ncn2)C[C@H]1CN1CCC(O)CC1. The van der Waals surface area contributed by atoms with Gasteiger partial charge in [0.1, 0.15) is 18.0 Å². The van der Waals surface area contributed by atoms with E-state index in [4.69, 9.17) is 0 Å². The predicted molar refractivity (Wildman–Crippen MR) is 106 cm³/mol. The average molecular weight is 376 g/mol.